The minimum absolute atomic E-state index is 0.0387. The Morgan fingerprint density at radius 2 is 1.77 bits per heavy atom. The van der Waals surface area contributed by atoms with Crippen LogP contribution < -0.4 is 0 Å². The molecule has 1 atom stereocenters. The summed E-state index contributed by atoms with van der Waals surface area (Å²) in [5, 5.41) is 10.9. The van der Waals surface area contributed by atoms with Crippen molar-refractivity contribution >= 4 is 17.4 Å². The Balaban J connectivity index is 2.09. The third-order valence-electron chi connectivity index (χ3n) is 5.57. The van der Waals surface area contributed by atoms with E-state index >= 15 is 0 Å². The molecule has 3 rings (SSSR count). The Labute approximate surface area is 176 Å². The normalized spacial score (nSPS) is 18.4. The molecule has 6 heteroatoms. The average Bonchev–Trinajstić information content (AvgIpc) is 2.99. The van der Waals surface area contributed by atoms with E-state index in [1.165, 1.54) is 29.2 Å². The van der Waals surface area contributed by atoms with Gasteiger partial charge >= 0.3 is 0 Å². The molecule has 1 saturated heterocycles. The zero-order valence-electron chi connectivity index (χ0n) is 17.6. The van der Waals surface area contributed by atoms with E-state index in [0.717, 1.165) is 24.2 Å². The van der Waals surface area contributed by atoms with Crippen molar-refractivity contribution in [1.29, 1.82) is 0 Å². The number of aliphatic hydroxyl groups is 1. The number of hydrogen-bond donors (Lipinski definition) is 1. The number of Topliss-reactive ketones (excluding diaryl/α,β-unsaturated/α-hetero) is 1. The summed E-state index contributed by atoms with van der Waals surface area (Å²) < 4.78 is 13.3. The first kappa shape index (κ1) is 21.7. The number of ketones is 1. The number of nitrogens with zero attached hydrogens (tertiary/aromatic N) is 2. The Morgan fingerprint density at radius 1 is 1.10 bits per heavy atom. The summed E-state index contributed by atoms with van der Waals surface area (Å²) >= 11 is 0. The van der Waals surface area contributed by atoms with Gasteiger partial charge in [-0.25, -0.2) is 4.39 Å². The monoisotopic (exact) mass is 410 g/mol. The summed E-state index contributed by atoms with van der Waals surface area (Å²) in [6, 6.07) is 12.1. The number of likely N-dealkylation sites (tertiary alicyclic amines) is 1. The predicted octanol–water partition coefficient (Wildman–Crippen LogP) is 3.90. The van der Waals surface area contributed by atoms with Gasteiger partial charge in [-0.15, -0.1) is 0 Å². The van der Waals surface area contributed by atoms with Crippen LogP contribution in [0.1, 0.15) is 36.6 Å². The summed E-state index contributed by atoms with van der Waals surface area (Å²) in [4.78, 5) is 29.6. The first-order chi connectivity index (χ1) is 14.4. The Hall–Kier alpha value is -2.99. The SMILES string of the molecule is CCN(CC)CCN1C(=O)C(=O)/C(=C(\O)c2ccc(F)cc2)C1c1cccc(C)c1. The van der Waals surface area contributed by atoms with Crippen LogP contribution in [0, 0.1) is 12.7 Å². The van der Waals surface area contributed by atoms with E-state index in [-0.39, 0.29) is 11.3 Å². The first-order valence-corrected chi connectivity index (χ1v) is 10.2. The van der Waals surface area contributed by atoms with Crippen LogP contribution in [0.2, 0.25) is 0 Å². The van der Waals surface area contributed by atoms with Gasteiger partial charge < -0.3 is 14.9 Å². The number of aryl methyl sites for hydroxylation is 1. The topological polar surface area (TPSA) is 60.9 Å². The van der Waals surface area contributed by atoms with Gasteiger partial charge in [0.2, 0.25) is 0 Å². The first-order valence-electron chi connectivity index (χ1n) is 10.2. The van der Waals surface area contributed by atoms with Crippen LogP contribution in [0.25, 0.3) is 5.76 Å². The number of benzene rings is 2. The smallest absolute Gasteiger partial charge is 0.295 e. The van der Waals surface area contributed by atoms with E-state index in [4.69, 9.17) is 0 Å². The number of amides is 1. The highest BCUT2D eigenvalue weighted by Crippen LogP contribution is 2.39. The van der Waals surface area contributed by atoms with Gasteiger partial charge in [-0.3, -0.25) is 9.59 Å². The lowest BCUT2D eigenvalue weighted by molar-refractivity contribution is -0.140. The predicted molar refractivity (Wildman–Crippen MR) is 114 cm³/mol. The van der Waals surface area contributed by atoms with Crippen LogP contribution in [-0.4, -0.2) is 52.8 Å². The molecule has 1 aliphatic rings. The summed E-state index contributed by atoms with van der Waals surface area (Å²) in [5.74, 6) is -2.08. The lowest BCUT2D eigenvalue weighted by atomic mass is 9.94. The Bertz CT molecular complexity index is 965. The van der Waals surface area contributed by atoms with Gasteiger partial charge in [0, 0.05) is 18.7 Å². The highest BCUT2D eigenvalue weighted by Gasteiger charge is 2.45. The molecule has 1 N–H and O–H groups in total. The number of likely N-dealkylation sites (N-methyl/N-ethyl adjacent to an activating group) is 1. The van der Waals surface area contributed by atoms with Crippen LogP contribution >= 0.6 is 0 Å². The van der Waals surface area contributed by atoms with E-state index in [9.17, 15) is 19.1 Å². The van der Waals surface area contributed by atoms with Crippen molar-refractivity contribution in [3.63, 3.8) is 0 Å². The molecule has 0 aromatic heterocycles. The molecule has 0 bridgehead atoms. The maximum atomic E-state index is 13.3. The zero-order chi connectivity index (χ0) is 21.8. The van der Waals surface area contributed by atoms with Crippen molar-refractivity contribution in [3.8, 4) is 0 Å². The number of carbonyl (C=O) groups excluding carboxylic acids is 2. The maximum Gasteiger partial charge on any atom is 0.295 e. The van der Waals surface area contributed by atoms with Crippen molar-refractivity contribution in [2.45, 2.75) is 26.8 Å². The molecule has 1 fully saturated rings. The fourth-order valence-electron chi connectivity index (χ4n) is 3.85. The van der Waals surface area contributed by atoms with Crippen LogP contribution in [0.5, 0.6) is 0 Å². The molecular weight excluding hydrogens is 383 g/mol. The molecule has 0 radical (unpaired) electrons. The van der Waals surface area contributed by atoms with Crippen molar-refractivity contribution in [2.75, 3.05) is 26.2 Å². The third kappa shape index (κ3) is 4.28. The number of halogens is 1. The quantitative estimate of drug-likeness (QED) is 0.427. The molecule has 1 unspecified atom stereocenters. The van der Waals surface area contributed by atoms with E-state index in [0.29, 0.717) is 18.7 Å². The lowest BCUT2D eigenvalue weighted by Crippen LogP contribution is -2.38. The van der Waals surface area contributed by atoms with Gasteiger partial charge in [-0.2, -0.15) is 0 Å². The molecule has 158 valence electrons. The highest BCUT2D eigenvalue weighted by molar-refractivity contribution is 6.46. The molecule has 1 amide bonds. The Kier molecular flexibility index (Phi) is 6.67. The number of carbonyl (C=O) groups is 2. The third-order valence-corrected chi connectivity index (χ3v) is 5.57. The zero-order valence-corrected chi connectivity index (χ0v) is 17.6. The molecule has 0 aliphatic carbocycles. The van der Waals surface area contributed by atoms with E-state index in [1.54, 1.807) is 0 Å². The molecule has 2 aromatic rings. The van der Waals surface area contributed by atoms with Crippen molar-refractivity contribution in [3.05, 3.63) is 76.6 Å². The highest BCUT2D eigenvalue weighted by atomic mass is 19.1. The average molecular weight is 410 g/mol. The van der Waals surface area contributed by atoms with Gasteiger partial charge in [-0.1, -0.05) is 43.7 Å². The maximum absolute atomic E-state index is 13.3. The lowest BCUT2D eigenvalue weighted by Gasteiger charge is -2.28. The Morgan fingerprint density at radius 3 is 2.37 bits per heavy atom. The second-order valence-corrected chi connectivity index (χ2v) is 7.44. The fraction of sp³-hybridized carbons (Fsp3) is 0.333. The van der Waals surface area contributed by atoms with E-state index in [2.05, 4.69) is 4.90 Å². The standard InChI is InChI=1S/C24H27FN2O3/c1-4-26(5-2)13-14-27-21(18-8-6-7-16(3)15-18)20(23(29)24(27)30)22(28)17-9-11-19(25)12-10-17/h6-12,15,21,28H,4-5,13-14H2,1-3H3/b22-20-. The summed E-state index contributed by atoms with van der Waals surface area (Å²) in [7, 11) is 0. The molecule has 2 aromatic carbocycles. The molecular formula is C24H27FN2O3. The van der Waals surface area contributed by atoms with Crippen LogP contribution in [0.4, 0.5) is 4.39 Å². The van der Waals surface area contributed by atoms with Crippen molar-refractivity contribution in [2.24, 2.45) is 0 Å². The molecule has 0 saturated carbocycles. The second kappa shape index (κ2) is 9.22. The fourth-order valence-corrected chi connectivity index (χ4v) is 3.85. The van der Waals surface area contributed by atoms with Gasteiger partial charge in [-0.05, 0) is 49.8 Å². The second-order valence-electron chi connectivity index (χ2n) is 7.44. The molecule has 1 heterocycles. The largest absolute Gasteiger partial charge is 0.507 e. The van der Waals surface area contributed by atoms with Crippen molar-refractivity contribution in [1.82, 2.24) is 9.80 Å². The summed E-state index contributed by atoms with van der Waals surface area (Å²) in [5.41, 5.74) is 2.09. The van der Waals surface area contributed by atoms with E-state index in [1.807, 2.05) is 45.0 Å². The van der Waals surface area contributed by atoms with Crippen molar-refractivity contribution < 1.29 is 19.1 Å². The van der Waals surface area contributed by atoms with E-state index < -0.39 is 23.5 Å². The van der Waals surface area contributed by atoms with Gasteiger partial charge in [0.05, 0.1) is 11.6 Å². The number of aliphatic hydroxyl groups excluding tert-OH is 1. The van der Waals surface area contributed by atoms with Gasteiger partial charge in [0.1, 0.15) is 11.6 Å². The van der Waals surface area contributed by atoms with Crippen LogP contribution in [-0.2, 0) is 9.59 Å². The summed E-state index contributed by atoms with van der Waals surface area (Å²) in [6.07, 6.45) is 0. The molecule has 1 aliphatic heterocycles. The van der Waals surface area contributed by atoms with Gasteiger partial charge in [0.15, 0.2) is 0 Å². The molecule has 30 heavy (non-hydrogen) atoms. The van der Waals surface area contributed by atoms with Crippen LogP contribution in [0.15, 0.2) is 54.1 Å². The minimum atomic E-state index is -0.720. The molecule has 5 nitrogen and oxygen atoms in total. The minimum Gasteiger partial charge on any atom is -0.507 e. The number of hydrogen-bond acceptors (Lipinski definition) is 4. The van der Waals surface area contributed by atoms with Gasteiger partial charge in [0.25, 0.3) is 11.7 Å². The number of rotatable bonds is 7. The summed E-state index contributed by atoms with van der Waals surface area (Å²) in [6.45, 7) is 8.69. The molecule has 0 spiro atoms. The van der Waals surface area contributed by atoms with Crippen LogP contribution in [0.3, 0.4) is 0 Å².